The number of ether oxygens (including phenoxy) is 1. The molecule has 4 nitrogen and oxygen atoms in total. The van der Waals surface area contributed by atoms with Crippen LogP contribution in [-0.4, -0.2) is 53.3 Å². The maximum atomic E-state index is 12.1. The van der Waals surface area contributed by atoms with E-state index in [2.05, 4.69) is 24.0 Å². The molecule has 0 aromatic carbocycles. The van der Waals surface area contributed by atoms with Crippen LogP contribution in [-0.2, 0) is 4.74 Å². The van der Waals surface area contributed by atoms with Crippen molar-refractivity contribution < 1.29 is 9.53 Å². The number of piperidine rings is 1. The predicted molar refractivity (Wildman–Crippen MR) is 88.9 cm³/mol. The largest absolute Gasteiger partial charge is 0.444 e. The molecule has 1 amide bonds. The van der Waals surface area contributed by atoms with Crippen LogP contribution < -0.4 is 5.32 Å². The first kappa shape index (κ1) is 16.9. The maximum Gasteiger partial charge on any atom is 0.410 e. The van der Waals surface area contributed by atoms with Crippen LogP contribution >= 0.6 is 11.8 Å². The molecule has 0 aromatic heterocycles. The third-order valence-electron chi connectivity index (χ3n) is 4.36. The number of likely N-dealkylation sites (tertiary alicyclic amines) is 1. The fourth-order valence-corrected chi connectivity index (χ4v) is 4.11. The highest BCUT2D eigenvalue weighted by molar-refractivity contribution is 7.99. The van der Waals surface area contributed by atoms with Crippen LogP contribution in [0, 0.1) is 5.92 Å². The summed E-state index contributed by atoms with van der Waals surface area (Å²) in [6, 6.07) is 0. The van der Waals surface area contributed by atoms with E-state index < -0.39 is 5.60 Å². The number of rotatable bonds is 3. The molecular weight excluding hydrogens is 284 g/mol. The smallest absolute Gasteiger partial charge is 0.410 e. The molecule has 1 unspecified atom stereocenters. The molecule has 5 heteroatoms. The van der Waals surface area contributed by atoms with Gasteiger partial charge in [0.25, 0.3) is 0 Å². The van der Waals surface area contributed by atoms with E-state index in [1.165, 1.54) is 17.9 Å². The van der Waals surface area contributed by atoms with Crippen LogP contribution in [0.1, 0.15) is 47.0 Å². The number of hydrogen-bond acceptors (Lipinski definition) is 4. The van der Waals surface area contributed by atoms with E-state index in [-0.39, 0.29) is 11.6 Å². The summed E-state index contributed by atoms with van der Waals surface area (Å²) < 4.78 is 5.45. The first-order valence-electron chi connectivity index (χ1n) is 8.08. The van der Waals surface area contributed by atoms with Crippen LogP contribution in [0.4, 0.5) is 4.79 Å². The van der Waals surface area contributed by atoms with Gasteiger partial charge in [-0.15, -0.1) is 0 Å². The average Bonchev–Trinajstić information content (AvgIpc) is 2.88. The van der Waals surface area contributed by atoms with Crippen molar-refractivity contribution in [1.29, 1.82) is 0 Å². The van der Waals surface area contributed by atoms with E-state index in [4.69, 9.17) is 4.74 Å². The van der Waals surface area contributed by atoms with E-state index >= 15 is 0 Å². The van der Waals surface area contributed by atoms with Gasteiger partial charge in [-0.1, -0.05) is 0 Å². The Morgan fingerprint density at radius 1 is 1.38 bits per heavy atom. The second-order valence-electron chi connectivity index (χ2n) is 7.64. The molecule has 2 aliphatic rings. The number of carbonyl (C=O) groups is 1. The minimum absolute atomic E-state index is 0.170. The maximum absolute atomic E-state index is 12.1. The topological polar surface area (TPSA) is 41.6 Å². The molecule has 0 spiro atoms. The summed E-state index contributed by atoms with van der Waals surface area (Å²) in [7, 11) is 0. The van der Waals surface area contributed by atoms with Crippen molar-refractivity contribution in [3.05, 3.63) is 0 Å². The van der Waals surface area contributed by atoms with E-state index in [1.807, 2.05) is 25.7 Å². The Labute approximate surface area is 133 Å². The third-order valence-corrected chi connectivity index (χ3v) is 5.59. The van der Waals surface area contributed by atoms with Crippen LogP contribution in [0.15, 0.2) is 0 Å². The Balaban J connectivity index is 1.74. The Kier molecular flexibility index (Phi) is 5.47. The lowest BCUT2D eigenvalue weighted by atomic mass is 9.89. The summed E-state index contributed by atoms with van der Waals surface area (Å²) in [5.41, 5.74) is -0.234. The molecule has 1 atom stereocenters. The van der Waals surface area contributed by atoms with Crippen molar-refractivity contribution in [1.82, 2.24) is 10.2 Å². The SMILES string of the molecule is CC1(NCC2CCSC2)CCN(C(=O)OC(C)(C)C)CC1. The summed E-state index contributed by atoms with van der Waals surface area (Å²) >= 11 is 2.07. The molecule has 21 heavy (non-hydrogen) atoms. The van der Waals surface area contributed by atoms with Crippen LogP contribution in [0.5, 0.6) is 0 Å². The average molecular weight is 314 g/mol. The molecule has 0 bridgehead atoms. The Hall–Kier alpha value is -0.420. The molecule has 2 heterocycles. The van der Waals surface area contributed by atoms with Gasteiger partial charge in [-0.3, -0.25) is 0 Å². The van der Waals surface area contributed by atoms with Crippen LogP contribution in [0.3, 0.4) is 0 Å². The van der Waals surface area contributed by atoms with Crippen molar-refractivity contribution in [2.45, 2.75) is 58.1 Å². The van der Waals surface area contributed by atoms with Gasteiger partial charge >= 0.3 is 6.09 Å². The number of nitrogens with zero attached hydrogens (tertiary/aromatic N) is 1. The molecule has 0 aliphatic carbocycles. The fourth-order valence-electron chi connectivity index (χ4n) is 2.82. The normalized spacial score (nSPS) is 25.9. The Morgan fingerprint density at radius 2 is 2.05 bits per heavy atom. The van der Waals surface area contributed by atoms with Gasteiger partial charge in [-0.2, -0.15) is 11.8 Å². The van der Waals surface area contributed by atoms with Crippen molar-refractivity contribution in [2.75, 3.05) is 31.1 Å². The first-order chi connectivity index (χ1) is 9.77. The molecule has 0 radical (unpaired) electrons. The monoisotopic (exact) mass is 314 g/mol. The number of carbonyl (C=O) groups excluding carboxylic acids is 1. The zero-order chi connectivity index (χ0) is 15.5. The van der Waals surface area contributed by atoms with Crippen molar-refractivity contribution in [3.8, 4) is 0 Å². The number of amides is 1. The van der Waals surface area contributed by atoms with Gasteiger partial charge in [0.2, 0.25) is 0 Å². The lowest BCUT2D eigenvalue weighted by molar-refractivity contribution is 0.0156. The van der Waals surface area contributed by atoms with Gasteiger partial charge < -0.3 is 15.0 Å². The van der Waals surface area contributed by atoms with Crippen molar-refractivity contribution >= 4 is 17.9 Å². The van der Waals surface area contributed by atoms with Gasteiger partial charge in [0.05, 0.1) is 0 Å². The summed E-state index contributed by atoms with van der Waals surface area (Å²) in [4.78, 5) is 13.9. The molecule has 2 rings (SSSR count). The Bertz CT molecular complexity index is 354. The van der Waals surface area contributed by atoms with E-state index in [9.17, 15) is 4.79 Å². The van der Waals surface area contributed by atoms with Crippen LogP contribution in [0.25, 0.3) is 0 Å². The van der Waals surface area contributed by atoms with E-state index in [0.717, 1.165) is 38.4 Å². The number of nitrogens with one attached hydrogen (secondary N) is 1. The number of thioether (sulfide) groups is 1. The minimum Gasteiger partial charge on any atom is -0.444 e. The second kappa shape index (κ2) is 6.78. The second-order valence-corrected chi connectivity index (χ2v) is 8.79. The van der Waals surface area contributed by atoms with Crippen molar-refractivity contribution in [2.24, 2.45) is 5.92 Å². The number of hydrogen-bond donors (Lipinski definition) is 1. The minimum atomic E-state index is -0.407. The Morgan fingerprint density at radius 3 is 2.57 bits per heavy atom. The van der Waals surface area contributed by atoms with E-state index in [0.29, 0.717) is 0 Å². The molecular formula is C16H30N2O2S. The molecule has 1 N–H and O–H groups in total. The summed E-state index contributed by atoms with van der Waals surface area (Å²) in [5, 5.41) is 3.76. The lowest BCUT2D eigenvalue weighted by Crippen LogP contribution is -2.54. The van der Waals surface area contributed by atoms with Gasteiger partial charge in [0.1, 0.15) is 5.60 Å². The van der Waals surface area contributed by atoms with Gasteiger partial charge in [0.15, 0.2) is 0 Å². The molecule has 0 aromatic rings. The standard InChI is InChI=1S/C16H30N2O2S/c1-15(2,3)20-14(19)18-8-6-16(4,7-9-18)17-11-13-5-10-21-12-13/h13,17H,5-12H2,1-4H3. The molecule has 2 saturated heterocycles. The zero-order valence-corrected chi connectivity index (χ0v) is 14.7. The summed E-state index contributed by atoms with van der Waals surface area (Å²) in [5.74, 6) is 3.44. The first-order valence-corrected chi connectivity index (χ1v) is 9.24. The predicted octanol–water partition coefficient (Wildman–Crippen LogP) is 3.12. The quantitative estimate of drug-likeness (QED) is 0.869. The van der Waals surface area contributed by atoms with E-state index in [1.54, 1.807) is 0 Å². The summed E-state index contributed by atoms with van der Waals surface area (Å²) in [6.45, 7) is 10.7. The third kappa shape index (κ3) is 5.37. The van der Waals surface area contributed by atoms with Crippen molar-refractivity contribution in [3.63, 3.8) is 0 Å². The highest BCUT2D eigenvalue weighted by Gasteiger charge is 2.33. The molecule has 2 fully saturated rings. The lowest BCUT2D eigenvalue weighted by Gasteiger charge is -2.41. The van der Waals surface area contributed by atoms with Crippen LogP contribution in [0.2, 0.25) is 0 Å². The van der Waals surface area contributed by atoms with Gasteiger partial charge in [0, 0.05) is 18.6 Å². The van der Waals surface area contributed by atoms with Gasteiger partial charge in [-0.05, 0) is 70.9 Å². The molecule has 0 saturated carbocycles. The zero-order valence-electron chi connectivity index (χ0n) is 13.9. The summed E-state index contributed by atoms with van der Waals surface area (Å²) in [6.07, 6.45) is 3.19. The molecule has 2 aliphatic heterocycles. The highest BCUT2D eigenvalue weighted by atomic mass is 32.2. The highest BCUT2D eigenvalue weighted by Crippen LogP contribution is 2.26. The molecule has 122 valence electrons. The fraction of sp³-hybridized carbons (Fsp3) is 0.938. The van der Waals surface area contributed by atoms with Gasteiger partial charge in [-0.25, -0.2) is 4.79 Å².